The zero-order valence-electron chi connectivity index (χ0n) is 12.2. The molecule has 2 aromatic rings. The van der Waals surface area contributed by atoms with E-state index in [1.165, 1.54) is 0 Å². The highest BCUT2D eigenvalue weighted by Gasteiger charge is 2.08. The van der Waals surface area contributed by atoms with Crippen LogP contribution in [0.2, 0.25) is 5.02 Å². The lowest BCUT2D eigenvalue weighted by molar-refractivity contribution is 0.155. The summed E-state index contributed by atoms with van der Waals surface area (Å²) in [7, 11) is 1.61. The van der Waals surface area contributed by atoms with E-state index in [-0.39, 0.29) is 0 Å². The smallest absolute Gasteiger partial charge is 0.162 e. The molecular formula is C15H19ClN2O3. The molecule has 21 heavy (non-hydrogen) atoms. The SMILES string of the molecule is CCNCc1cc(Cl)ccc1OCc1cc(COC)on1. The zero-order valence-corrected chi connectivity index (χ0v) is 12.9. The van der Waals surface area contributed by atoms with Crippen molar-refractivity contribution >= 4 is 11.6 Å². The summed E-state index contributed by atoms with van der Waals surface area (Å²) >= 11 is 6.03. The highest BCUT2D eigenvalue weighted by Crippen LogP contribution is 2.23. The number of nitrogens with zero attached hydrogens (tertiary/aromatic N) is 1. The van der Waals surface area contributed by atoms with Gasteiger partial charge in [-0.3, -0.25) is 0 Å². The van der Waals surface area contributed by atoms with Crippen LogP contribution in [0.1, 0.15) is 23.9 Å². The molecule has 2 rings (SSSR count). The Hall–Kier alpha value is -1.56. The van der Waals surface area contributed by atoms with Crippen LogP contribution in [0.5, 0.6) is 5.75 Å². The molecule has 0 bridgehead atoms. The van der Waals surface area contributed by atoms with Crippen LogP contribution in [0.15, 0.2) is 28.8 Å². The van der Waals surface area contributed by atoms with Crippen LogP contribution in [0.3, 0.4) is 0 Å². The monoisotopic (exact) mass is 310 g/mol. The van der Waals surface area contributed by atoms with Gasteiger partial charge in [0.05, 0.1) is 0 Å². The number of ether oxygens (including phenoxy) is 2. The lowest BCUT2D eigenvalue weighted by Crippen LogP contribution is -2.13. The quantitative estimate of drug-likeness (QED) is 0.811. The van der Waals surface area contributed by atoms with Crippen molar-refractivity contribution in [3.63, 3.8) is 0 Å². The number of halogens is 1. The van der Waals surface area contributed by atoms with Crippen molar-refractivity contribution in [2.24, 2.45) is 0 Å². The second kappa shape index (κ2) is 8.02. The van der Waals surface area contributed by atoms with Gasteiger partial charge in [-0.05, 0) is 24.7 Å². The average molecular weight is 311 g/mol. The van der Waals surface area contributed by atoms with Crippen LogP contribution in [-0.2, 0) is 24.5 Å². The Balaban J connectivity index is 2.00. The van der Waals surface area contributed by atoms with Gasteiger partial charge < -0.3 is 19.3 Å². The predicted molar refractivity (Wildman–Crippen MR) is 80.4 cm³/mol. The first-order valence-corrected chi connectivity index (χ1v) is 7.16. The molecule has 1 aromatic carbocycles. The molecule has 1 heterocycles. The van der Waals surface area contributed by atoms with Gasteiger partial charge in [-0.1, -0.05) is 23.7 Å². The fourth-order valence-electron chi connectivity index (χ4n) is 1.87. The first-order chi connectivity index (χ1) is 10.2. The number of rotatable bonds is 8. The summed E-state index contributed by atoms with van der Waals surface area (Å²) < 4.78 is 15.9. The minimum Gasteiger partial charge on any atom is -0.487 e. The molecular weight excluding hydrogens is 292 g/mol. The summed E-state index contributed by atoms with van der Waals surface area (Å²) in [5, 5.41) is 7.89. The second-order valence-corrected chi connectivity index (χ2v) is 4.98. The van der Waals surface area contributed by atoms with Crippen LogP contribution < -0.4 is 10.1 Å². The molecule has 0 unspecified atom stereocenters. The molecule has 0 atom stereocenters. The van der Waals surface area contributed by atoms with Gasteiger partial charge in [0.15, 0.2) is 5.76 Å². The van der Waals surface area contributed by atoms with Crippen molar-refractivity contribution in [3.8, 4) is 5.75 Å². The molecule has 1 N–H and O–H groups in total. The van der Waals surface area contributed by atoms with Crippen LogP contribution in [0.25, 0.3) is 0 Å². The van der Waals surface area contributed by atoms with Crippen LogP contribution in [0.4, 0.5) is 0 Å². The van der Waals surface area contributed by atoms with Gasteiger partial charge in [-0.15, -0.1) is 0 Å². The first kappa shape index (κ1) is 15.8. The lowest BCUT2D eigenvalue weighted by Gasteiger charge is -2.11. The third-order valence-corrected chi connectivity index (χ3v) is 3.09. The van der Waals surface area contributed by atoms with Gasteiger partial charge in [-0.25, -0.2) is 0 Å². The molecule has 114 valence electrons. The number of hydrogen-bond donors (Lipinski definition) is 1. The Labute approximate surface area is 129 Å². The van der Waals surface area contributed by atoms with E-state index in [1.54, 1.807) is 7.11 Å². The summed E-state index contributed by atoms with van der Waals surface area (Å²) in [5.41, 5.74) is 1.75. The number of methoxy groups -OCH3 is 1. The van der Waals surface area contributed by atoms with E-state index in [0.29, 0.717) is 30.5 Å². The molecule has 0 fully saturated rings. The maximum absolute atomic E-state index is 6.03. The summed E-state index contributed by atoms with van der Waals surface area (Å²) in [5.74, 6) is 1.47. The van der Waals surface area contributed by atoms with E-state index in [4.69, 9.17) is 25.6 Å². The Kier molecular flexibility index (Phi) is 6.04. The van der Waals surface area contributed by atoms with Crippen LogP contribution in [0, 0.1) is 0 Å². The van der Waals surface area contributed by atoms with Crippen molar-refractivity contribution in [1.82, 2.24) is 10.5 Å². The fraction of sp³-hybridized carbons (Fsp3) is 0.400. The van der Waals surface area contributed by atoms with Gasteiger partial charge in [0, 0.05) is 30.3 Å². The maximum Gasteiger partial charge on any atom is 0.162 e. The molecule has 0 saturated heterocycles. The second-order valence-electron chi connectivity index (χ2n) is 4.54. The Morgan fingerprint density at radius 2 is 2.14 bits per heavy atom. The summed E-state index contributed by atoms with van der Waals surface area (Å²) in [4.78, 5) is 0. The van der Waals surface area contributed by atoms with Crippen molar-refractivity contribution in [1.29, 1.82) is 0 Å². The van der Waals surface area contributed by atoms with Gasteiger partial charge in [0.2, 0.25) is 0 Å². The molecule has 0 spiro atoms. The van der Waals surface area contributed by atoms with Crippen molar-refractivity contribution in [2.45, 2.75) is 26.7 Å². The van der Waals surface area contributed by atoms with Crippen molar-refractivity contribution in [3.05, 3.63) is 46.3 Å². The highest BCUT2D eigenvalue weighted by molar-refractivity contribution is 6.30. The molecule has 0 radical (unpaired) electrons. The van der Waals surface area contributed by atoms with E-state index >= 15 is 0 Å². The molecule has 0 aliphatic carbocycles. The Morgan fingerprint density at radius 1 is 1.29 bits per heavy atom. The Bertz CT molecular complexity index is 572. The summed E-state index contributed by atoms with van der Waals surface area (Å²) in [6.45, 7) is 4.39. The van der Waals surface area contributed by atoms with Crippen LogP contribution in [-0.4, -0.2) is 18.8 Å². The third kappa shape index (κ3) is 4.74. The lowest BCUT2D eigenvalue weighted by atomic mass is 10.2. The molecule has 5 nitrogen and oxygen atoms in total. The first-order valence-electron chi connectivity index (χ1n) is 6.78. The van der Waals surface area contributed by atoms with Crippen molar-refractivity contribution < 1.29 is 14.0 Å². The average Bonchev–Trinajstić information content (AvgIpc) is 2.92. The topological polar surface area (TPSA) is 56.5 Å². The Morgan fingerprint density at radius 3 is 2.90 bits per heavy atom. The van der Waals surface area contributed by atoms with Gasteiger partial charge in [-0.2, -0.15) is 0 Å². The van der Waals surface area contributed by atoms with E-state index in [0.717, 1.165) is 23.6 Å². The maximum atomic E-state index is 6.03. The summed E-state index contributed by atoms with van der Waals surface area (Å²) in [6, 6.07) is 7.40. The van der Waals surface area contributed by atoms with Gasteiger partial charge in [0.1, 0.15) is 24.7 Å². The minimum atomic E-state index is 0.341. The van der Waals surface area contributed by atoms with E-state index < -0.39 is 0 Å². The number of hydrogen-bond acceptors (Lipinski definition) is 5. The standard InChI is InChI=1S/C15H19ClN2O3/c1-3-17-8-11-6-12(16)4-5-15(11)20-9-13-7-14(10-19-2)21-18-13/h4-7,17H,3,8-10H2,1-2H3. The van der Waals surface area contributed by atoms with Crippen molar-refractivity contribution in [2.75, 3.05) is 13.7 Å². The molecule has 0 saturated carbocycles. The highest BCUT2D eigenvalue weighted by atomic mass is 35.5. The summed E-state index contributed by atoms with van der Waals surface area (Å²) in [6.07, 6.45) is 0. The largest absolute Gasteiger partial charge is 0.487 e. The minimum absolute atomic E-state index is 0.341. The van der Waals surface area contributed by atoms with E-state index in [1.807, 2.05) is 24.3 Å². The van der Waals surface area contributed by atoms with E-state index in [2.05, 4.69) is 17.4 Å². The normalized spacial score (nSPS) is 10.8. The molecule has 6 heteroatoms. The third-order valence-electron chi connectivity index (χ3n) is 2.86. The van der Waals surface area contributed by atoms with E-state index in [9.17, 15) is 0 Å². The predicted octanol–water partition coefficient (Wildman–Crippen LogP) is 3.16. The number of nitrogens with one attached hydrogen (secondary N) is 1. The molecule has 0 aliphatic heterocycles. The number of benzene rings is 1. The van der Waals surface area contributed by atoms with Gasteiger partial charge in [0.25, 0.3) is 0 Å². The van der Waals surface area contributed by atoms with Crippen LogP contribution >= 0.6 is 11.6 Å². The fourth-order valence-corrected chi connectivity index (χ4v) is 2.07. The molecule has 1 aromatic heterocycles. The molecule has 0 amide bonds. The number of aromatic nitrogens is 1. The van der Waals surface area contributed by atoms with Gasteiger partial charge >= 0.3 is 0 Å². The zero-order chi connectivity index (χ0) is 15.1. The molecule has 0 aliphatic rings.